The van der Waals surface area contributed by atoms with Crippen molar-refractivity contribution in [1.29, 1.82) is 0 Å². The van der Waals surface area contributed by atoms with Crippen LogP contribution in [-0.4, -0.2) is 29.9 Å². The first-order valence-corrected chi connectivity index (χ1v) is 7.67. The van der Waals surface area contributed by atoms with Gasteiger partial charge in [0.25, 0.3) is 10.0 Å². The minimum atomic E-state index is -4.13. The molecule has 0 aliphatic rings. The molecule has 9 heteroatoms. The number of hydrogen-bond donors (Lipinski definition) is 0. The number of ether oxygens (including phenoxy) is 1. The largest absolute Gasteiger partial charge is 0.461 e. The third kappa shape index (κ3) is 2.70. The fourth-order valence-corrected chi connectivity index (χ4v) is 3.21. The van der Waals surface area contributed by atoms with Gasteiger partial charge in [-0.05, 0) is 19.1 Å². The average Bonchev–Trinajstić information content (AvgIpc) is 2.94. The van der Waals surface area contributed by atoms with Crippen LogP contribution in [-0.2, 0) is 14.8 Å². The summed E-state index contributed by atoms with van der Waals surface area (Å²) in [5.74, 6) is -1.07. The minimum absolute atomic E-state index is 0.0352. The lowest BCUT2D eigenvalue weighted by atomic mass is 10.4. The Balaban J connectivity index is 2.66. The monoisotopic (exact) mass is 324 g/mol. The maximum atomic E-state index is 12.5. The first-order valence-electron chi connectivity index (χ1n) is 6.23. The van der Waals surface area contributed by atoms with Crippen LogP contribution in [0, 0.1) is 10.1 Å². The molecule has 2 aromatic rings. The van der Waals surface area contributed by atoms with Crippen molar-refractivity contribution >= 4 is 21.7 Å². The maximum Gasteiger partial charge on any atom is 0.363 e. The molecule has 0 bridgehead atoms. The molecule has 22 heavy (non-hydrogen) atoms. The first-order chi connectivity index (χ1) is 10.4. The van der Waals surface area contributed by atoms with Crippen molar-refractivity contribution in [3.63, 3.8) is 0 Å². The van der Waals surface area contributed by atoms with E-state index in [9.17, 15) is 23.3 Å². The van der Waals surface area contributed by atoms with E-state index in [1.165, 1.54) is 31.2 Å². The molecule has 1 aromatic heterocycles. The molecule has 2 rings (SSSR count). The summed E-state index contributed by atoms with van der Waals surface area (Å²) in [6.07, 6.45) is 0.965. The molecular weight excluding hydrogens is 312 g/mol. The lowest BCUT2D eigenvalue weighted by Gasteiger charge is -2.09. The second-order valence-corrected chi connectivity index (χ2v) is 5.96. The SMILES string of the molecule is CCOC(=O)c1c([N+](=O)[O-])ccn1S(=O)(=O)c1ccccc1. The van der Waals surface area contributed by atoms with Gasteiger partial charge in [0.05, 0.1) is 16.4 Å². The van der Waals surface area contributed by atoms with Crippen LogP contribution in [0.25, 0.3) is 0 Å². The number of carbonyl (C=O) groups excluding carboxylic acids is 1. The maximum absolute atomic E-state index is 12.5. The molecule has 0 N–H and O–H groups in total. The number of nitro groups is 1. The lowest BCUT2D eigenvalue weighted by molar-refractivity contribution is -0.385. The van der Waals surface area contributed by atoms with E-state index in [1.807, 2.05) is 0 Å². The Hall–Kier alpha value is -2.68. The number of aromatic nitrogens is 1. The normalized spacial score (nSPS) is 11.1. The Kier molecular flexibility index (Phi) is 4.27. The first kappa shape index (κ1) is 15.7. The zero-order valence-corrected chi connectivity index (χ0v) is 12.3. The molecule has 0 radical (unpaired) electrons. The van der Waals surface area contributed by atoms with Crippen LogP contribution in [0.5, 0.6) is 0 Å². The van der Waals surface area contributed by atoms with Gasteiger partial charge in [0.15, 0.2) is 0 Å². The standard InChI is InChI=1S/C13H12N2O6S/c1-2-21-13(16)12-11(15(17)18)8-9-14(12)22(19,20)10-6-4-3-5-7-10/h3-9H,2H2,1H3. The molecule has 1 heterocycles. The third-order valence-electron chi connectivity index (χ3n) is 2.80. The highest BCUT2D eigenvalue weighted by Gasteiger charge is 2.32. The van der Waals surface area contributed by atoms with Gasteiger partial charge in [-0.2, -0.15) is 0 Å². The molecule has 0 atom stereocenters. The van der Waals surface area contributed by atoms with E-state index in [2.05, 4.69) is 0 Å². The van der Waals surface area contributed by atoms with Gasteiger partial charge < -0.3 is 4.74 Å². The number of carbonyl (C=O) groups is 1. The van der Waals surface area contributed by atoms with Gasteiger partial charge >= 0.3 is 11.7 Å². The highest BCUT2D eigenvalue weighted by atomic mass is 32.2. The summed E-state index contributed by atoms with van der Waals surface area (Å²) in [6.45, 7) is 1.48. The Labute approximate surface area is 126 Å². The van der Waals surface area contributed by atoms with Gasteiger partial charge in [0.1, 0.15) is 0 Å². The zero-order valence-electron chi connectivity index (χ0n) is 11.5. The van der Waals surface area contributed by atoms with E-state index >= 15 is 0 Å². The van der Waals surface area contributed by atoms with Gasteiger partial charge in [-0.1, -0.05) is 18.2 Å². The number of rotatable bonds is 5. The van der Waals surface area contributed by atoms with Crippen molar-refractivity contribution < 1.29 is 22.9 Å². The number of nitrogens with zero attached hydrogens (tertiary/aromatic N) is 2. The van der Waals surface area contributed by atoms with Crippen molar-refractivity contribution in [3.8, 4) is 0 Å². The molecule has 116 valence electrons. The predicted octanol–water partition coefficient (Wildman–Crippen LogP) is 1.81. The average molecular weight is 324 g/mol. The van der Waals surface area contributed by atoms with E-state index in [-0.39, 0.29) is 11.5 Å². The quantitative estimate of drug-likeness (QED) is 0.471. The Morgan fingerprint density at radius 3 is 2.45 bits per heavy atom. The predicted molar refractivity (Wildman–Crippen MR) is 76.1 cm³/mol. The van der Waals surface area contributed by atoms with Crippen LogP contribution in [0.2, 0.25) is 0 Å². The molecule has 8 nitrogen and oxygen atoms in total. The van der Waals surface area contributed by atoms with Crippen LogP contribution >= 0.6 is 0 Å². The molecule has 0 saturated carbocycles. The smallest absolute Gasteiger partial charge is 0.363 e. The van der Waals surface area contributed by atoms with Gasteiger partial charge in [0, 0.05) is 12.3 Å². The molecule has 0 saturated heterocycles. The van der Waals surface area contributed by atoms with Crippen molar-refractivity contribution in [1.82, 2.24) is 3.97 Å². The van der Waals surface area contributed by atoms with Crippen molar-refractivity contribution in [3.05, 3.63) is 58.4 Å². The number of esters is 1. The van der Waals surface area contributed by atoms with Gasteiger partial charge in [-0.3, -0.25) is 10.1 Å². The molecule has 0 fully saturated rings. The summed E-state index contributed by atoms with van der Waals surface area (Å²) in [6, 6.07) is 8.26. The lowest BCUT2D eigenvalue weighted by Crippen LogP contribution is -2.20. The molecule has 0 aliphatic carbocycles. The van der Waals surface area contributed by atoms with Gasteiger partial charge in [-0.25, -0.2) is 17.2 Å². The van der Waals surface area contributed by atoms with E-state index < -0.39 is 32.3 Å². The van der Waals surface area contributed by atoms with Crippen molar-refractivity contribution in [2.24, 2.45) is 0 Å². The summed E-state index contributed by atoms with van der Waals surface area (Å²) in [7, 11) is -4.13. The topological polar surface area (TPSA) is 109 Å². The fraction of sp³-hybridized carbons (Fsp3) is 0.154. The van der Waals surface area contributed by atoms with Crippen molar-refractivity contribution in [2.75, 3.05) is 6.61 Å². The molecule has 0 unspecified atom stereocenters. The summed E-state index contributed by atoms with van der Waals surface area (Å²) in [5, 5.41) is 11.0. The minimum Gasteiger partial charge on any atom is -0.461 e. The van der Waals surface area contributed by atoms with Gasteiger partial charge in [-0.15, -0.1) is 0 Å². The zero-order chi connectivity index (χ0) is 16.3. The second-order valence-electron chi connectivity index (χ2n) is 4.14. The molecular formula is C13H12N2O6S. The van der Waals surface area contributed by atoms with Crippen LogP contribution in [0.4, 0.5) is 5.69 Å². The van der Waals surface area contributed by atoms with E-state index in [1.54, 1.807) is 6.07 Å². The Morgan fingerprint density at radius 2 is 1.91 bits per heavy atom. The van der Waals surface area contributed by atoms with Crippen LogP contribution in [0.1, 0.15) is 17.4 Å². The van der Waals surface area contributed by atoms with E-state index in [0.717, 1.165) is 12.3 Å². The van der Waals surface area contributed by atoms with Crippen molar-refractivity contribution in [2.45, 2.75) is 11.8 Å². The molecule has 0 aliphatic heterocycles. The molecule has 1 aromatic carbocycles. The molecule has 0 spiro atoms. The fourth-order valence-electron chi connectivity index (χ4n) is 1.85. The van der Waals surface area contributed by atoms with E-state index in [0.29, 0.717) is 3.97 Å². The molecule has 0 amide bonds. The number of benzene rings is 1. The van der Waals surface area contributed by atoms with Crippen LogP contribution < -0.4 is 0 Å². The van der Waals surface area contributed by atoms with Gasteiger partial charge in [0.2, 0.25) is 5.69 Å². The van der Waals surface area contributed by atoms with Crippen LogP contribution in [0.3, 0.4) is 0 Å². The highest BCUT2D eigenvalue weighted by Crippen LogP contribution is 2.25. The summed E-state index contributed by atoms with van der Waals surface area (Å²) < 4.78 is 30.4. The summed E-state index contributed by atoms with van der Waals surface area (Å²) >= 11 is 0. The Morgan fingerprint density at radius 1 is 1.27 bits per heavy atom. The summed E-state index contributed by atoms with van der Waals surface area (Å²) in [4.78, 5) is 22.0. The Bertz CT molecular complexity index is 810. The second kappa shape index (κ2) is 5.98. The summed E-state index contributed by atoms with van der Waals surface area (Å²) in [5.41, 5.74) is -1.26. The third-order valence-corrected chi connectivity index (χ3v) is 4.49. The number of hydrogen-bond acceptors (Lipinski definition) is 6. The highest BCUT2D eigenvalue weighted by molar-refractivity contribution is 7.90. The van der Waals surface area contributed by atoms with E-state index in [4.69, 9.17) is 4.74 Å². The van der Waals surface area contributed by atoms with Crippen LogP contribution in [0.15, 0.2) is 47.5 Å².